The van der Waals surface area contributed by atoms with Crippen molar-refractivity contribution in [3.63, 3.8) is 0 Å². The average molecular weight is 325 g/mol. The summed E-state index contributed by atoms with van der Waals surface area (Å²) in [7, 11) is 0. The van der Waals surface area contributed by atoms with Gasteiger partial charge in [-0.1, -0.05) is 23.4 Å². The molecule has 2 heterocycles. The van der Waals surface area contributed by atoms with Crippen molar-refractivity contribution in [3.8, 4) is 11.5 Å². The predicted molar refractivity (Wildman–Crippen MR) is 88.1 cm³/mol. The minimum atomic E-state index is -0.0424. The second kappa shape index (κ2) is 7.12. The zero-order valence-electron chi connectivity index (χ0n) is 13.7. The summed E-state index contributed by atoms with van der Waals surface area (Å²) in [5, 5.41) is 6.74. The van der Waals surface area contributed by atoms with E-state index in [1.807, 2.05) is 44.2 Å². The van der Waals surface area contributed by atoms with E-state index in [4.69, 9.17) is 8.94 Å². The fourth-order valence-corrected chi connectivity index (χ4v) is 2.48. The van der Waals surface area contributed by atoms with Crippen molar-refractivity contribution in [1.29, 1.82) is 0 Å². The first-order chi connectivity index (χ1) is 11.6. The topological polar surface area (TPSA) is 81.2 Å². The summed E-state index contributed by atoms with van der Waals surface area (Å²) in [4.78, 5) is 16.4. The molecule has 24 heavy (non-hydrogen) atoms. The maximum absolute atomic E-state index is 12.0. The molecule has 1 aromatic carbocycles. The van der Waals surface area contributed by atoms with Crippen LogP contribution in [0.3, 0.4) is 0 Å². The number of benzene rings is 1. The molecule has 124 valence electrons. The number of nitrogens with zero attached hydrogens (tertiary/aromatic N) is 2. The quantitative estimate of drug-likeness (QED) is 0.752. The largest absolute Gasteiger partial charge is 0.444 e. The normalized spacial score (nSPS) is 10.8. The lowest BCUT2D eigenvalue weighted by atomic mass is 10.1. The van der Waals surface area contributed by atoms with E-state index in [-0.39, 0.29) is 5.91 Å². The Morgan fingerprint density at radius 2 is 2.00 bits per heavy atom. The number of rotatable bonds is 6. The second-order valence-electron chi connectivity index (χ2n) is 5.59. The highest BCUT2D eigenvalue weighted by atomic mass is 16.5. The summed E-state index contributed by atoms with van der Waals surface area (Å²) in [6, 6.07) is 9.65. The lowest BCUT2D eigenvalue weighted by Gasteiger charge is -2.03. The average Bonchev–Trinajstić information content (AvgIpc) is 3.19. The molecule has 3 rings (SSSR count). The van der Waals surface area contributed by atoms with Crippen molar-refractivity contribution in [1.82, 2.24) is 15.5 Å². The van der Waals surface area contributed by atoms with Crippen molar-refractivity contribution in [2.75, 3.05) is 0 Å². The van der Waals surface area contributed by atoms with Gasteiger partial charge in [-0.2, -0.15) is 0 Å². The summed E-state index contributed by atoms with van der Waals surface area (Å²) >= 11 is 0. The fourth-order valence-electron chi connectivity index (χ4n) is 2.48. The van der Waals surface area contributed by atoms with Crippen LogP contribution in [0.15, 0.2) is 45.5 Å². The van der Waals surface area contributed by atoms with Gasteiger partial charge in [0.1, 0.15) is 12.0 Å². The van der Waals surface area contributed by atoms with Crippen LogP contribution in [0.2, 0.25) is 0 Å². The third-order valence-electron chi connectivity index (χ3n) is 3.82. The molecule has 0 unspecified atom stereocenters. The van der Waals surface area contributed by atoms with Crippen LogP contribution in [0.5, 0.6) is 0 Å². The third-order valence-corrected chi connectivity index (χ3v) is 3.82. The van der Waals surface area contributed by atoms with Crippen LogP contribution in [0.25, 0.3) is 11.5 Å². The van der Waals surface area contributed by atoms with E-state index in [9.17, 15) is 4.79 Å². The van der Waals surface area contributed by atoms with Crippen LogP contribution in [0.1, 0.15) is 29.1 Å². The summed E-state index contributed by atoms with van der Waals surface area (Å²) < 4.78 is 10.5. The number of hydrogen-bond donors (Lipinski definition) is 1. The first-order valence-corrected chi connectivity index (χ1v) is 7.82. The summed E-state index contributed by atoms with van der Waals surface area (Å²) in [6.07, 6.45) is 2.56. The number of carbonyl (C=O) groups excluding carboxylic acids is 1. The summed E-state index contributed by atoms with van der Waals surface area (Å²) in [5.41, 5.74) is 3.44. The van der Waals surface area contributed by atoms with Gasteiger partial charge in [-0.25, -0.2) is 4.98 Å². The molecule has 0 aliphatic rings. The predicted octanol–water partition coefficient (Wildman–Crippen LogP) is 3.20. The Balaban J connectivity index is 1.51. The SMILES string of the molecule is Cc1noc(C)c1CCC(=O)NCc1coc(-c2ccccc2)n1. The Hall–Kier alpha value is -2.89. The van der Waals surface area contributed by atoms with E-state index in [0.717, 1.165) is 22.6 Å². The Labute approximate surface area is 139 Å². The minimum Gasteiger partial charge on any atom is -0.444 e. The summed E-state index contributed by atoms with van der Waals surface area (Å²) in [5.74, 6) is 1.28. The van der Waals surface area contributed by atoms with E-state index in [1.54, 1.807) is 6.26 Å². The Bertz CT molecular complexity index is 802. The monoisotopic (exact) mass is 325 g/mol. The first-order valence-electron chi connectivity index (χ1n) is 7.82. The molecule has 6 nitrogen and oxygen atoms in total. The van der Waals surface area contributed by atoms with Crippen LogP contribution in [0.4, 0.5) is 0 Å². The molecule has 1 amide bonds. The van der Waals surface area contributed by atoms with Crippen LogP contribution >= 0.6 is 0 Å². The highest BCUT2D eigenvalue weighted by Crippen LogP contribution is 2.18. The van der Waals surface area contributed by atoms with Gasteiger partial charge in [0.05, 0.1) is 17.9 Å². The van der Waals surface area contributed by atoms with Gasteiger partial charge in [0.15, 0.2) is 0 Å². The lowest BCUT2D eigenvalue weighted by Crippen LogP contribution is -2.23. The number of carbonyl (C=O) groups is 1. The molecule has 0 radical (unpaired) electrons. The number of amides is 1. The maximum Gasteiger partial charge on any atom is 0.226 e. The fraction of sp³-hybridized carbons (Fsp3) is 0.278. The molecule has 0 saturated carbocycles. The van der Waals surface area contributed by atoms with Crippen molar-refractivity contribution < 1.29 is 13.7 Å². The molecule has 1 N–H and O–H groups in total. The molecule has 0 aliphatic heterocycles. The molecule has 0 fully saturated rings. The Morgan fingerprint density at radius 1 is 1.21 bits per heavy atom. The highest BCUT2D eigenvalue weighted by molar-refractivity contribution is 5.76. The van der Waals surface area contributed by atoms with Crippen molar-refractivity contribution in [2.45, 2.75) is 33.2 Å². The van der Waals surface area contributed by atoms with E-state index in [0.29, 0.717) is 31.0 Å². The number of nitrogens with one attached hydrogen (secondary N) is 1. The van der Waals surface area contributed by atoms with Gasteiger partial charge in [0, 0.05) is 17.5 Å². The van der Waals surface area contributed by atoms with E-state index in [1.165, 1.54) is 0 Å². The standard InChI is InChI=1S/C18H19N3O3/c1-12-16(13(2)24-21-12)8-9-17(22)19-10-15-11-23-18(20-15)14-6-4-3-5-7-14/h3-7,11H,8-10H2,1-2H3,(H,19,22). The maximum atomic E-state index is 12.0. The minimum absolute atomic E-state index is 0.0424. The van der Waals surface area contributed by atoms with Crippen LogP contribution in [-0.2, 0) is 17.8 Å². The second-order valence-corrected chi connectivity index (χ2v) is 5.59. The van der Waals surface area contributed by atoms with Crippen molar-refractivity contribution >= 4 is 5.91 Å². The molecule has 6 heteroatoms. The molecule has 0 saturated heterocycles. The van der Waals surface area contributed by atoms with E-state index in [2.05, 4.69) is 15.5 Å². The number of oxazole rings is 1. The van der Waals surface area contributed by atoms with E-state index >= 15 is 0 Å². The number of aryl methyl sites for hydroxylation is 2. The van der Waals surface area contributed by atoms with Gasteiger partial charge in [0.25, 0.3) is 0 Å². The molecule has 2 aromatic heterocycles. The molecular formula is C18H19N3O3. The molecule has 0 atom stereocenters. The molecule has 0 bridgehead atoms. The molecule has 0 aliphatic carbocycles. The molecule has 0 spiro atoms. The zero-order valence-corrected chi connectivity index (χ0v) is 13.7. The van der Waals surface area contributed by atoms with Gasteiger partial charge in [-0.05, 0) is 32.4 Å². The van der Waals surface area contributed by atoms with Gasteiger partial charge < -0.3 is 14.3 Å². The Morgan fingerprint density at radius 3 is 2.71 bits per heavy atom. The molecule has 3 aromatic rings. The highest BCUT2D eigenvalue weighted by Gasteiger charge is 2.12. The van der Waals surface area contributed by atoms with E-state index < -0.39 is 0 Å². The summed E-state index contributed by atoms with van der Waals surface area (Å²) in [6.45, 7) is 4.08. The lowest BCUT2D eigenvalue weighted by molar-refractivity contribution is -0.121. The Kier molecular flexibility index (Phi) is 4.74. The van der Waals surface area contributed by atoms with Gasteiger partial charge in [0.2, 0.25) is 11.8 Å². The first kappa shape index (κ1) is 16.0. The van der Waals surface area contributed by atoms with Gasteiger partial charge >= 0.3 is 0 Å². The van der Waals surface area contributed by atoms with Crippen molar-refractivity contribution in [3.05, 3.63) is 59.3 Å². The zero-order chi connectivity index (χ0) is 16.9. The van der Waals surface area contributed by atoms with Crippen molar-refractivity contribution in [2.24, 2.45) is 0 Å². The van der Waals surface area contributed by atoms with Crippen LogP contribution < -0.4 is 5.32 Å². The van der Waals surface area contributed by atoms with Gasteiger partial charge in [-0.15, -0.1) is 0 Å². The number of hydrogen-bond acceptors (Lipinski definition) is 5. The third kappa shape index (κ3) is 3.71. The smallest absolute Gasteiger partial charge is 0.226 e. The van der Waals surface area contributed by atoms with Crippen LogP contribution in [-0.4, -0.2) is 16.0 Å². The van der Waals surface area contributed by atoms with Gasteiger partial charge in [-0.3, -0.25) is 4.79 Å². The van der Waals surface area contributed by atoms with Crippen LogP contribution in [0, 0.1) is 13.8 Å². The number of aromatic nitrogens is 2. The molecular weight excluding hydrogens is 306 g/mol.